The van der Waals surface area contributed by atoms with E-state index in [4.69, 9.17) is 5.73 Å². The van der Waals surface area contributed by atoms with Crippen LogP contribution in [0.15, 0.2) is 18.5 Å². The number of nitrogens with two attached hydrogens (primary N) is 1. The summed E-state index contributed by atoms with van der Waals surface area (Å²) >= 11 is 0. The van der Waals surface area contributed by atoms with Crippen molar-refractivity contribution in [1.29, 1.82) is 0 Å². The van der Waals surface area contributed by atoms with Crippen molar-refractivity contribution in [3.8, 4) is 0 Å². The molecule has 0 aliphatic heterocycles. The van der Waals surface area contributed by atoms with Gasteiger partial charge in [0, 0.05) is 31.1 Å². The number of hydrogen-bond acceptors (Lipinski definition) is 3. The number of nitrogens with one attached hydrogen (secondary N) is 1. The van der Waals surface area contributed by atoms with Crippen molar-refractivity contribution in [3.05, 3.63) is 35.7 Å². The molecule has 0 spiro atoms. The Morgan fingerprint density at radius 3 is 2.88 bits per heavy atom. The summed E-state index contributed by atoms with van der Waals surface area (Å²) in [5.74, 6) is 0.826. The van der Waals surface area contributed by atoms with Crippen LogP contribution in [0.1, 0.15) is 37.1 Å². The standard InChI is InChI=1S/C12H19N5/c1-3-9-7-10(17(4-2)16-9)8-11(13)12-14-5-6-15-12/h5-7,11H,3-4,8,13H2,1-2H3,(H,14,15). The lowest BCUT2D eigenvalue weighted by molar-refractivity contribution is 0.576. The van der Waals surface area contributed by atoms with Crippen molar-refractivity contribution >= 4 is 0 Å². The van der Waals surface area contributed by atoms with Gasteiger partial charge in [-0.05, 0) is 19.4 Å². The van der Waals surface area contributed by atoms with E-state index in [1.54, 1.807) is 12.4 Å². The zero-order valence-corrected chi connectivity index (χ0v) is 10.3. The monoisotopic (exact) mass is 233 g/mol. The third kappa shape index (κ3) is 2.55. The number of H-pyrrole nitrogens is 1. The van der Waals surface area contributed by atoms with Crippen molar-refractivity contribution in [2.24, 2.45) is 5.73 Å². The number of nitrogens with zero attached hydrogens (tertiary/aromatic N) is 3. The third-order valence-corrected chi connectivity index (χ3v) is 2.88. The van der Waals surface area contributed by atoms with Crippen LogP contribution in [0.25, 0.3) is 0 Å². The predicted octanol–water partition coefficient (Wildman–Crippen LogP) is 1.43. The maximum absolute atomic E-state index is 6.11. The Balaban J connectivity index is 2.15. The molecule has 3 N–H and O–H groups in total. The third-order valence-electron chi connectivity index (χ3n) is 2.88. The fourth-order valence-electron chi connectivity index (χ4n) is 1.93. The van der Waals surface area contributed by atoms with E-state index in [0.717, 1.165) is 30.9 Å². The molecule has 0 amide bonds. The molecule has 2 rings (SSSR count). The van der Waals surface area contributed by atoms with Gasteiger partial charge in [0.15, 0.2) is 0 Å². The summed E-state index contributed by atoms with van der Waals surface area (Å²) < 4.78 is 2.02. The summed E-state index contributed by atoms with van der Waals surface area (Å²) in [6.45, 7) is 5.08. The number of aromatic nitrogens is 4. The van der Waals surface area contributed by atoms with Crippen molar-refractivity contribution in [2.75, 3.05) is 0 Å². The fourth-order valence-corrected chi connectivity index (χ4v) is 1.93. The van der Waals surface area contributed by atoms with Crippen LogP contribution in [0.2, 0.25) is 0 Å². The lowest BCUT2D eigenvalue weighted by Crippen LogP contribution is -2.17. The molecule has 0 bridgehead atoms. The summed E-state index contributed by atoms with van der Waals surface area (Å²) in [7, 11) is 0. The highest BCUT2D eigenvalue weighted by atomic mass is 15.3. The van der Waals surface area contributed by atoms with Gasteiger partial charge in [-0.1, -0.05) is 6.92 Å². The fraction of sp³-hybridized carbons (Fsp3) is 0.500. The van der Waals surface area contributed by atoms with Crippen LogP contribution in [-0.2, 0) is 19.4 Å². The van der Waals surface area contributed by atoms with Crippen LogP contribution < -0.4 is 5.73 Å². The summed E-state index contributed by atoms with van der Waals surface area (Å²) in [5, 5.41) is 4.51. The zero-order chi connectivity index (χ0) is 12.3. The van der Waals surface area contributed by atoms with Crippen molar-refractivity contribution in [2.45, 2.75) is 39.3 Å². The Labute approximate surface area is 101 Å². The lowest BCUT2D eigenvalue weighted by Gasteiger charge is -2.09. The molecule has 2 aromatic rings. The van der Waals surface area contributed by atoms with Crippen LogP contribution in [0, 0.1) is 0 Å². The van der Waals surface area contributed by atoms with E-state index in [1.807, 2.05) is 4.68 Å². The summed E-state index contributed by atoms with van der Waals surface area (Å²) in [5.41, 5.74) is 8.40. The first-order chi connectivity index (χ1) is 8.24. The van der Waals surface area contributed by atoms with E-state index in [-0.39, 0.29) is 6.04 Å². The second kappa shape index (κ2) is 5.14. The van der Waals surface area contributed by atoms with Gasteiger partial charge in [-0.15, -0.1) is 0 Å². The molecule has 0 saturated heterocycles. The number of imidazole rings is 1. The maximum Gasteiger partial charge on any atom is 0.123 e. The lowest BCUT2D eigenvalue weighted by atomic mass is 10.1. The van der Waals surface area contributed by atoms with Crippen LogP contribution >= 0.6 is 0 Å². The van der Waals surface area contributed by atoms with Gasteiger partial charge in [-0.3, -0.25) is 4.68 Å². The first-order valence-corrected chi connectivity index (χ1v) is 6.05. The van der Waals surface area contributed by atoms with Gasteiger partial charge >= 0.3 is 0 Å². The number of hydrogen-bond donors (Lipinski definition) is 2. The van der Waals surface area contributed by atoms with Gasteiger partial charge in [0.25, 0.3) is 0 Å². The molecular formula is C12H19N5. The molecule has 0 saturated carbocycles. The number of rotatable bonds is 5. The Morgan fingerprint density at radius 2 is 2.29 bits per heavy atom. The summed E-state index contributed by atoms with van der Waals surface area (Å²) in [4.78, 5) is 7.23. The first-order valence-electron chi connectivity index (χ1n) is 6.05. The molecule has 17 heavy (non-hydrogen) atoms. The number of aryl methyl sites for hydroxylation is 2. The first kappa shape index (κ1) is 11.9. The molecule has 0 aromatic carbocycles. The average Bonchev–Trinajstić information content (AvgIpc) is 2.97. The average molecular weight is 233 g/mol. The molecule has 1 unspecified atom stereocenters. The predicted molar refractivity (Wildman–Crippen MR) is 66.5 cm³/mol. The smallest absolute Gasteiger partial charge is 0.123 e. The normalized spacial score (nSPS) is 12.9. The van der Waals surface area contributed by atoms with E-state index in [2.05, 4.69) is 35.0 Å². The van der Waals surface area contributed by atoms with Gasteiger partial charge in [-0.25, -0.2) is 4.98 Å². The van der Waals surface area contributed by atoms with Crippen molar-refractivity contribution in [3.63, 3.8) is 0 Å². The Hall–Kier alpha value is -1.62. The van der Waals surface area contributed by atoms with Gasteiger partial charge in [0.05, 0.1) is 11.7 Å². The van der Waals surface area contributed by atoms with E-state index >= 15 is 0 Å². The minimum absolute atomic E-state index is 0.100. The molecule has 0 fully saturated rings. The molecule has 2 heterocycles. The minimum atomic E-state index is -0.100. The van der Waals surface area contributed by atoms with E-state index < -0.39 is 0 Å². The molecule has 0 aliphatic rings. The summed E-state index contributed by atoms with van der Waals surface area (Å²) in [6.07, 6.45) is 5.23. The molecular weight excluding hydrogens is 214 g/mol. The molecule has 1 atom stereocenters. The van der Waals surface area contributed by atoms with E-state index in [1.165, 1.54) is 5.69 Å². The second-order valence-electron chi connectivity index (χ2n) is 4.08. The van der Waals surface area contributed by atoms with E-state index in [0.29, 0.717) is 0 Å². The molecule has 0 aliphatic carbocycles. The van der Waals surface area contributed by atoms with E-state index in [9.17, 15) is 0 Å². The molecule has 0 radical (unpaired) electrons. The van der Waals surface area contributed by atoms with Gasteiger partial charge < -0.3 is 10.7 Å². The SMILES string of the molecule is CCc1cc(CC(N)c2ncc[nH]2)n(CC)n1. The highest BCUT2D eigenvalue weighted by molar-refractivity contribution is 5.13. The van der Waals surface area contributed by atoms with Gasteiger partial charge in [0.2, 0.25) is 0 Å². The summed E-state index contributed by atoms with van der Waals surface area (Å²) in [6, 6.07) is 2.03. The van der Waals surface area contributed by atoms with Crippen molar-refractivity contribution < 1.29 is 0 Å². The van der Waals surface area contributed by atoms with Gasteiger partial charge in [-0.2, -0.15) is 5.10 Å². The molecule has 2 aromatic heterocycles. The van der Waals surface area contributed by atoms with Crippen LogP contribution in [-0.4, -0.2) is 19.7 Å². The Morgan fingerprint density at radius 1 is 1.47 bits per heavy atom. The van der Waals surface area contributed by atoms with Gasteiger partial charge in [0.1, 0.15) is 5.82 Å². The van der Waals surface area contributed by atoms with Crippen LogP contribution in [0.4, 0.5) is 0 Å². The molecule has 5 nitrogen and oxygen atoms in total. The molecule has 92 valence electrons. The molecule has 5 heteroatoms. The Bertz CT molecular complexity index is 457. The highest BCUT2D eigenvalue weighted by Gasteiger charge is 2.13. The van der Waals surface area contributed by atoms with Crippen LogP contribution in [0.3, 0.4) is 0 Å². The maximum atomic E-state index is 6.11. The largest absolute Gasteiger partial charge is 0.347 e. The topological polar surface area (TPSA) is 72.5 Å². The second-order valence-corrected chi connectivity index (χ2v) is 4.08. The van der Waals surface area contributed by atoms with Crippen molar-refractivity contribution in [1.82, 2.24) is 19.7 Å². The quantitative estimate of drug-likeness (QED) is 0.820. The zero-order valence-electron chi connectivity index (χ0n) is 10.3. The Kier molecular flexibility index (Phi) is 3.58. The highest BCUT2D eigenvalue weighted by Crippen LogP contribution is 2.14. The minimum Gasteiger partial charge on any atom is -0.347 e. The number of aromatic amines is 1. The van der Waals surface area contributed by atoms with Crippen LogP contribution in [0.5, 0.6) is 0 Å².